The summed E-state index contributed by atoms with van der Waals surface area (Å²) in [5, 5.41) is 3.71. The first kappa shape index (κ1) is 6.45. The lowest BCUT2D eigenvalue weighted by molar-refractivity contribution is 1.14. The number of rotatable bonds is 1. The number of hydrogen-bond acceptors (Lipinski definition) is 4. The van der Waals surface area contributed by atoms with Crippen LogP contribution in [0.3, 0.4) is 0 Å². The molecule has 0 aliphatic carbocycles. The third-order valence-electron chi connectivity index (χ3n) is 0.675. The van der Waals surface area contributed by atoms with Crippen LogP contribution in [0.15, 0.2) is 10.4 Å². The van der Waals surface area contributed by atoms with Crippen LogP contribution >= 0.6 is 36.6 Å². The van der Waals surface area contributed by atoms with Crippen molar-refractivity contribution in [3.05, 3.63) is 10.4 Å². The highest BCUT2D eigenvalue weighted by atomic mass is 32.1. The fourth-order valence-electron chi connectivity index (χ4n) is 0.374. The zero-order valence-corrected chi connectivity index (χ0v) is 6.64. The van der Waals surface area contributed by atoms with Gasteiger partial charge in [-0.3, -0.25) is 0 Å². The van der Waals surface area contributed by atoms with Crippen molar-refractivity contribution in [3.63, 3.8) is 0 Å². The van der Waals surface area contributed by atoms with E-state index in [0.717, 1.165) is 10.0 Å². The summed E-state index contributed by atoms with van der Waals surface area (Å²) in [7, 11) is 0. The van der Waals surface area contributed by atoms with E-state index in [2.05, 4.69) is 30.2 Å². The van der Waals surface area contributed by atoms with E-state index in [-0.39, 0.29) is 0 Å². The third-order valence-corrected chi connectivity index (χ3v) is 2.44. The van der Waals surface area contributed by atoms with E-state index in [0.29, 0.717) is 5.75 Å². The van der Waals surface area contributed by atoms with Crippen LogP contribution in [0, 0.1) is 0 Å². The van der Waals surface area contributed by atoms with Crippen molar-refractivity contribution in [2.45, 2.75) is 10.8 Å². The predicted molar refractivity (Wildman–Crippen MR) is 42.1 cm³/mol. The van der Waals surface area contributed by atoms with E-state index in [4.69, 9.17) is 0 Å². The van der Waals surface area contributed by atoms with Crippen LogP contribution < -0.4 is 0 Å². The number of thiol groups is 2. The van der Waals surface area contributed by atoms with Gasteiger partial charge in [-0.15, -0.1) is 24.0 Å². The van der Waals surface area contributed by atoms with Gasteiger partial charge in [0.1, 0.15) is 10.0 Å². The smallest absolute Gasteiger partial charge is 0.104 e. The average Bonchev–Trinajstić information content (AvgIpc) is 2.14. The molecule has 0 amide bonds. The molecule has 0 atom stereocenters. The van der Waals surface area contributed by atoms with E-state index in [1.807, 2.05) is 5.38 Å². The lowest BCUT2D eigenvalue weighted by Gasteiger charge is -1.78. The first-order valence-corrected chi connectivity index (χ1v) is 4.03. The Bertz CT molecular complexity index is 172. The van der Waals surface area contributed by atoms with Gasteiger partial charge in [0, 0.05) is 11.1 Å². The van der Waals surface area contributed by atoms with Gasteiger partial charge in [-0.2, -0.15) is 12.6 Å². The van der Waals surface area contributed by atoms with Crippen molar-refractivity contribution >= 4 is 36.6 Å². The molecule has 8 heavy (non-hydrogen) atoms. The molecule has 1 heterocycles. The molecule has 0 fully saturated rings. The predicted octanol–water partition coefficient (Wildman–Crippen LogP) is 1.86. The van der Waals surface area contributed by atoms with Gasteiger partial charge in [0.25, 0.3) is 0 Å². The molecule has 0 N–H and O–H groups in total. The Hall–Kier alpha value is 0.330. The van der Waals surface area contributed by atoms with E-state index in [1.54, 1.807) is 11.3 Å². The van der Waals surface area contributed by atoms with Crippen molar-refractivity contribution in [2.24, 2.45) is 0 Å². The molecule has 0 aliphatic heterocycles. The normalized spacial score (nSPS) is 9.75. The van der Waals surface area contributed by atoms with Crippen LogP contribution in [0.5, 0.6) is 0 Å². The SMILES string of the molecule is SCc1nc(S)cs1. The van der Waals surface area contributed by atoms with Gasteiger partial charge < -0.3 is 0 Å². The van der Waals surface area contributed by atoms with Crippen molar-refractivity contribution in [3.8, 4) is 0 Å². The Morgan fingerprint density at radius 1 is 1.75 bits per heavy atom. The van der Waals surface area contributed by atoms with Crippen molar-refractivity contribution < 1.29 is 0 Å². The molecule has 0 aliphatic rings. The lowest BCUT2D eigenvalue weighted by Crippen LogP contribution is -1.70. The van der Waals surface area contributed by atoms with Crippen LogP contribution in [-0.2, 0) is 5.75 Å². The Kier molecular flexibility index (Phi) is 2.22. The Morgan fingerprint density at radius 2 is 2.50 bits per heavy atom. The van der Waals surface area contributed by atoms with Gasteiger partial charge in [0.15, 0.2) is 0 Å². The summed E-state index contributed by atoms with van der Waals surface area (Å²) in [6, 6.07) is 0. The Labute approximate surface area is 63.0 Å². The molecular weight excluding hydrogens is 158 g/mol. The molecule has 0 spiro atoms. The molecule has 0 radical (unpaired) electrons. The molecule has 0 saturated heterocycles. The summed E-state index contributed by atoms with van der Waals surface area (Å²) in [5.41, 5.74) is 0. The van der Waals surface area contributed by atoms with Crippen molar-refractivity contribution in [2.75, 3.05) is 0 Å². The number of thiazole rings is 1. The minimum Gasteiger partial charge on any atom is -0.234 e. The first-order valence-electron chi connectivity index (χ1n) is 2.07. The van der Waals surface area contributed by atoms with Gasteiger partial charge in [0.2, 0.25) is 0 Å². The summed E-state index contributed by atoms with van der Waals surface area (Å²) in [6.45, 7) is 0. The second-order valence-electron chi connectivity index (χ2n) is 1.26. The molecule has 0 unspecified atom stereocenters. The van der Waals surface area contributed by atoms with Crippen LogP contribution in [0.2, 0.25) is 0 Å². The lowest BCUT2D eigenvalue weighted by atomic mass is 10.8. The second kappa shape index (κ2) is 2.75. The van der Waals surface area contributed by atoms with E-state index in [9.17, 15) is 0 Å². The van der Waals surface area contributed by atoms with Crippen molar-refractivity contribution in [1.29, 1.82) is 0 Å². The molecule has 1 rings (SSSR count). The minimum absolute atomic E-state index is 0.714. The summed E-state index contributed by atoms with van der Waals surface area (Å²) in [6.07, 6.45) is 0. The summed E-state index contributed by atoms with van der Waals surface area (Å²) < 4.78 is 0. The van der Waals surface area contributed by atoms with Crippen molar-refractivity contribution in [1.82, 2.24) is 4.98 Å². The first-order chi connectivity index (χ1) is 3.83. The Balaban J connectivity index is 2.84. The Morgan fingerprint density at radius 3 is 2.75 bits per heavy atom. The molecule has 1 aromatic heterocycles. The second-order valence-corrected chi connectivity index (χ2v) is 2.97. The third kappa shape index (κ3) is 1.40. The molecule has 44 valence electrons. The maximum Gasteiger partial charge on any atom is 0.104 e. The fraction of sp³-hybridized carbons (Fsp3) is 0.250. The quantitative estimate of drug-likeness (QED) is 0.603. The van der Waals surface area contributed by atoms with E-state index in [1.165, 1.54) is 0 Å². The molecule has 0 aromatic carbocycles. The minimum atomic E-state index is 0.714. The van der Waals surface area contributed by atoms with Gasteiger partial charge >= 0.3 is 0 Å². The molecule has 0 bridgehead atoms. The van der Waals surface area contributed by atoms with Gasteiger partial charge in [0.05, 0.1) is 0 Å². The van der Waals surface area contributed by atoms with Gasteiger partial charge in [-0.25, -0.2) is 4.98 Å². The zero-order chi connectivity index (χ0) is 5.98. The maximum absolute atomic E-state index is 4.04. The monoisotopic (exact) mass is 163 g/mol. The van der Waals surface area contributed by atoms with Gasteiger partial charge in [-0.05, 0) is 0 Å². The number of nitrogens with zero attached hydrogens (tertiary/aromatic N) is 1. The number of aromatic nitrogens is 1. The van der Waals surface area contributed by atoms with Gasteiger partial charge in [-0.1, -0.05) is 0 Å². The van der Waals surface area contributed by atoms with Crippen LogP contribution in [0.25, 0.3) is 0 Å². The molecule has 1 aromatic rings. The summed E-state index contributed by atoms with van der Waals surface area (Å²) in [5.74, 6) is 0.714. The van der Waals surface area contributed by atoms with Crippen LogP contribution in [-0.4, -0.2) is 4.98 Å². The highest BCUT2D eigenvalue weighted by Gasteiger charge is 1.92. The standard InChI is InChI=1S/C4H5NS3/c6-1-4-5-3(7)2-8-4/h2,6-7H,1H2. The molecule has 1 nitrogen and oxygen atoms in total. The highest BCUT2D eigenvalue weighted by Crippen LogP contribution is 2.13. The number of hydrogen-bond donors (Lipinski definition) is 2. The average molecular weight is 163 g/mol. The summed E-state index contributed by atoms with van der Waals surface area (Å²) in [4.78, 5) is 4.04. The topological polar surface area (TPSA) is 12.9 Å². The largest absolute Gasteiger partial charge is 0.234 e. The summed E-state index contributed by atoms with van der Waals surface area (Å²) >= 11 is 9.65. The van der Waals surface area contributed by atoms with Crippen LogP contribution in [0.4, 0.5) is 0 Å². The molecular formula is C4H5NS3. The fourth-order valence-corrected chi connectivity index (χ4v) is 1.53. The van der Waals surface area contributed by atoms with E-state index < -0.39 is 0 Å². The maximum atomic E-state index is 4.04. The molecule has 0 saturated carbocycles. The van der Waals surface area contributed by atoms with Crippen LogP contribution in [0.1, 0.15) is 5.01 Å². The zero-order valence-electron chi connectivity index (χ0n) is 4.03. The van der Waals surface area contributed by atoms with E-state index >= 15 is 0 Å². The highest BCUT2D eigenvalue weighted by molar-refractivity contribution is 7.80. The molecule has 4 heteroatoms.